The van der Waals surface area contributed by atoms with Crippen molar-refractivity contribution >= 4 is 0 Å². The smallest absolute Gasteiger partial charge is 0.411 e. The van der Waals surface area contributed by atoms with Crippen molar-refractivity contribution in [3.8, 4) is 0 Å². The molecular formula is C10H15F3N2O2. The maximum Gasteiger partial charge on any atom is 0.411 e. The highest BCUT2D eigenvalue weighted by atomic mass is 19.4. The number of ether oxygens (including phenoxy) is 1. The van der Waals surface area contributed by atoms with Crippen LogP contribution in [-0.4, -0.2) is 24.3 Å². The van der Waals surface area contributed by atoms with E-state index >= 15 is 0 Å². The zero-order valence-corrected chi connectivity index (χ0v) is 9.67. The molecule has 1 unspecified atom stereocenters. The molecule has 0 saturated carbocycles. The fourth-order valence-corrected chi connectivity index (χ4v) is 1.25. The normalized spacial score (nSPS) is 13.9. The predicted molar refractivity (Wildman–Crippen MR) is 54.3 cm³/mol. The van der Waals surface area contributed by atoms with E-state index in [1.807, 2.05) is 13.8 Å². The summed E-state index contributed by atoms with van der Waals surface area (Å²) < 4.78 is 45.1. The number of nitrogens with zero attached hydrogens (tertiary/aromatic N) is 1. The van der Waals surface area contributed by atoms with Crippen molar-refractivity contribution < 1.29 is 22.3 Å². The molecule has 0 fully saturated rings. The molecule has 0 saturated heterocycles. The molecular weight excluding hydrogens is 237 g/mol. The molecule has 98 valence electrons. The van der Waals surface area contributed by atoms with Crippen LogP contribution in [0.3, 0.4) is 0 Å². The van der Waals surface area contributed by atoms with Gasteiger partial charge >= 0.3 is 6.18 Å². The van der Waals surface area contributed by atoms with E-state index in [1.54, 1.807) is 0 Å². The van der Waals surface area contributed by atoms with Gasteiger partial charge in [-0.3, -0.25) is 0 Å². The third kappa shape index (κ3) is 5.18. The van der Waals surface area contributed by atoms with Gasteiger partial charge in [-0.25, -0.2) is 4.98 Å². The second-order valence-corrected chi connectivity index (χ2v) is 3.55. The second-order valence-electron chi connectivity index (χ2n) is 3.55. The molecule has 0 spiro atoms. The molecule has 4 nitrogen and oxygen atoms in total. The Balaban J connectivity index is 2.40. The Morgan fingerprint density at radius 3 is 2.82 bits per heavy atom. The summed E-state index contributed by atoms with van der Waals surface area (Å²) in [5, 5.41) is 3.08. The minimum absolute atomic E-state index is 0.0728. The molecule has 1 rings (SSSR count). The van der Waals surface area contributed by atoms with Crippen LogP contribution in [-0.2, 0) is 11.3 Å². The van der Waals surface area contributed by atoms with Crippen LogP contribution in [0.5, 0.6) is 0 Å². The van der Waals surface area contributed by atoms with Gasteiger partial charge in [-0.15, -0.1) is 0 Å². The number of hydrogen-bond donors (Lipinski definition) is 1. The number of rotatable bonds is 6. The number of alkyl halides is 3. The van der Waals surface area contributed by atoms with Gasteiger partial charge in [0.1, 0.15) is 19.0 Å². The largest absolute Gasteiger partial charge is 0.442 e. The van der Waals surface area contributed by atoms with Crippen molar-refractivity contribution in [3.05, 3.63) is 17.8 Å². The van der Waals surface area contributed by atoms with Crippen LogP contribution < -0.4 is 5.32 Å². The summed E-state index contributed by atoms with van der Waals surface area (Å²) in [6.07, 6.45) is -2.94. The molecule has 0 aliphatic heterocycles. The van der Waals surface area contributed by atoms with Gasteiger partial charge < -0.3 is 14.5 Å². The van der Waals surface area contributed by atoms with E-state index in [0.29, 0.717) is 5.89 Å². The molecule has 17 heavy (non-hydrogen) atoms. The molecule has 7 heteroatoms. The van der Waals surface area contributed by atoms with Crippen molar-refractivity contribution in [2.75, 3.05) is 13.2 Å². The van der Waals surface area contributed by atoms with Gasteiger partial charge in [0.15, 0.2) is 0 Å². The van der Waals surface area contributed by atoms with Gasteiger partial charge in [-0.2, -0.15) is 13.2 Å². The van der Waals surface area contributed by atoms with E-state index in [1.165, 1.54) is 6.20 Å². The standard InChI is InChI=1S/C10H15F3N2O2/c1-3-14-7(2)9-15-4-8(17-9)5-16-6-10(11,12)13/h4,7,14H,3,5-6H2,1-2H3. The fourth-order valence-electron chi connectivity index (χ4n) is 1.25. The van der Waals surface area contributed by atoms with Gasteiger partial charge in [-0.1, -0.05) is 6.92 Å². The predicted octanol–water partition coefficient (Wildman–Crippen LogP) is 2.42. The Kier molecular flexibility index (Phi) is 4.95. The Labute approximate surface area is 97.2 Å². The van der Waals surface area contributed by atoms with Gasteiger partial charge in [0.25, 0.3) is 0 Å². The molecule has 0 aliphatic rings. The number of oxazole rings is 1. The summed E-state index contributed by atoms with van der Waals surface area (Å²) in [7, 11) is 0. The Morgan fingerprint density at radius 2 is 2.24 bits per heavy atom. The molecule has 1 aromatic rings. The van der Waals surface area contributed by atoms with E-state index in [9.17, 15) is 13.2 Å². The van der Waals surface area contributed by atoms with Crippen molar-refractivity contribution in [1.29, 1.82) is 0 Å². The van der Waals surface area contributed by atoms with Crippen molar-refractivity contribution in [2.45, 2.75) is 32.7 Å². The highest BCUT2D eigenvalue weighted by Crippen LogP contribution is 2.17. The maximum atomic E-state index is 11.8. The van der Waals surface area contributed by atoms with Gasteiger partial charge in [-0.05, 0) is 13.5 Å². The monoisotopic (exact) mass is 252 g/mol. The first-order chi connectivity index (χ1) is 7.92. The number of aromatic nitrogens is 1. The van der Waals surface area contributed by atoms with Crippen molar-refractivity contribution in [3.63, 3.8) is 0 Å². The molecule has 0 aromatic carbocycles. The average Bonchev–Trinajstić information content (AvgIpc) is 2.65. The van der Waals surface area contributed by atoms with Gasteiger partial charge in [0, 0.05) is 0 Å². The van der Waals surface area contributed by atoms with Crippen LogP contribution in [0.25, 0.3) is 0 Å². The lowest BCUT2D eigenvalue weighted by molar-refractivity contribution is -0.177. The average molecular weight is 252 g/mol. The summed E-state index contributed by atoms with van der Waals surface area (Å²) in [5.41, 5.74) is 0. The van der Waals surface area contributed by atoms with Crippen LogP contribution in [0.1, 0.15) is 31.5 Å². The summed E-state index contributed by atoms with van der Waals surface area (Å²) in [5.74, 6) is 0.728. The SMILES string of the molecule is CCNC(C)c1ncc(COCC(F)(F)F)o1. The molecule has 1 heterocycles. The summed E-state index contributed by atoms with van der Waals surface area (Å²) >= 11 is 0. The quantitative estimate of drug-likeness (QED) is 0.844. The Hall–Kier alpha value is -1.08. The molecule has 0 aliphatic carbocycles. The lowest BCUT2D eigenvalue weighted by atomic mass is 10.3. The number of hydrogen-bond acceptors (Lipinski definition) is 4. The molecule has 0 radical (unpaired) electrons. The first-order valence-electron chi connectivity index (χ1n) is 5.25. The van der Waals surface area contributed by atoms with Gasteiger partial charge in [0.05, 0.1) is 12.2 Å². The highest BCUT2D eigenvalue weighted by molar-refractivity contribution is 4.96. The molecule has 0 bridgehead atoms. The van der Waals surface area contributed by atoms with Crippen molar-refractivity contribution in [1.82, 2.24) is 10.3 Å². The zero-order valence-electron chi connectivity index (χ0n) is 9.67. The van der Waals surface area contributed by atoms with Crippen LogP contribution in [0.15, 0.2) is 10.6 Å². The lowest BCUT2D eigenvalue weighted by Crippen LogP contribution is -2.17. The fraction of sp³-hybridized carbons (Fsp3) is 0.700. The molecule has 1 aromatic heterocycles. The van der Waals surface area contributed by atoms with Gasteiger partial charge in [0.2, 0.25) is 5.89 Å². The van der Waals surface area contributed by atoms with E-state index < -0.39 is 12.8 Å². The van der Waals surface area contributed by atoms with Crippen LogP contribution in [0.2, 0.25) is 0 Å². The summed E-state index contributed by atoms with van der Waals surface area (Å²) in [6.45, 7) is 3.03. The van der Waals surface area contributed by atoms with Crippen LogP contribution >= 0.6 is 0 Å². The molecule has 1 N–H and O–H groups in total. The third-order valence-corrected chi connectivity index (χ3v) is 1.96. The highest BCUT2D eigenvalue weighted by Gasteiger charge is 2.27. The first-order valence-corrected chi connectivity index (χ1v) is 5.25. The number of halogens is 3. The summed E-state index contributed by atoms with van der Waals surface area (Å²) in [6, 6.07) is -0.0728. The van der Waals surface area contributed by atoms with E-state index in [-0.39, 0.29) is 18.4 Å². The zero-order chi connectivity index (χ0) is 12.9. The van der Waals surface area contributed by atoms with E-state index in [2.05, 4.69) is 15.0 Å². The lowest BCUT2D eigenvalue weighted by Gasteiger charge is -2.07. The van der Waals surface area contributed by atoms with Crippen LogP contribution in [0, 0.1) is 0 Å². The van der Waals surface area contributed by atoms with Crippen LogP contribution in [0.4, 0.5) is 13.2 Å². The summed E-state index contributed by atoms with van der Waals surface area (Å²) in [4.78, 5) is 3.96. The first kappa shape index (κ1) is 14.0. The third-order valence-electron chi connectivity index (χ3n) is 1.96. The minimum Gasteiger partial charge on any atom is -0.442 e. The Bertz CT molecular complexity index is 339. The topological polar surface area (TPSA) is 47.3 Å². The maximum absolute atomic E-state index is 11.8. The number of nitrogens with one attached hydrogen (secondary N) is 1. The van der Waals surface area contributed by atoms with E-state index in [4.69, 9.17) is 4.42 Å². The second kappa shape index (κ2) is 6.02. The van der Waals surface area contributed by atoms with E-state index in [0.717, 1.165) is 6.54 Å². The molecule has 0 amide bonds. The molecule has 1 atom stereocenters. The van der Waals surface area contributed by atoms with Crippen molar-refractivity contribution in [2.24, 2.45) is 0 Å². The Morgan fingerprint density at radius 1 is 1.53 bits per heavy atom. The minimum atomic E-state index is -4.32.